The van der Waals surface area contributed by atoms with Crippen LogP contribution in [0.3, 0.4) is 0 Å². The molecule has 0 saturated carbocycles. The van der Waals surface area contributed by atoms with Gasteiger partial charge in [-0.1, -0.05) is 24.5 Å². The average molecular weight is 267 g/mol. The van der Waals surface area contributed by atoms with Crippen molar-refractivity contribution in [1.82, 2.24) is 4.31 Å². The van der Waals surface area contributed by atoms with E-state index in [-0.39, 0.29) is 6.10 Å². The Kier molecular flexibility index (Phi) is 3.80. The molecule has 1 atom stereocenters. The van der Waals surface area contributed by atoms with Crippen LogP contribution in [0.1, 0.15) is 12.5 Å². The minimum absolute atomic E-state index is 0.0697. The molecule has 2 rings (SSSR count). The average Bonchev–Trinajstić information content (AvgIpc) is 3.12. The van der Waals surface area contributed by atoms with E-state index in [1.54, 1.807) is 13.1 Å². The third kappa shape index (κ3) is 2.76. The van der Waals surface area contributed by atoms with Crippen LogP contribution in [0, 0.1) is 0 Å². The third-order valence-corrected chi connectivity index (χ3v) is 5.07. The highest BCUT2D eigenvalue weighted by molar-refractivity contribution is 7.89. The monoisotopic (exact) mass is 267 g/mol. The van der Waals surface area contributed by atoms with Crippen molar-refractivity contribution < 1.29 is 13.2 Å². The molecule has 0 bridgehead atoms. The molecule has 18 heavy (non-hydrogen) atoms. The SMILES string of the molecule is Bc1ccc(S(=O)(=O)N(C)C[C@H]2CO2)c(CC)c1. The van der Waals surface area contributed by atoms with Gasteiger partial charge in [-0.25, -0.2) is 8.42 Å². The molecule has 1 aromatic rings. The van der Waals surface area contributed by atoms with Crippen LogP contribution in [0.4, 0.5) is 0 Å². The zero-order valence-electron chi connectivity index (χ0n) is 11.0. The Morgan fingerprint density at radius 2 is 2.17 bits per heavy atom. The Bertz CT molecular complexity index is 540. The Balaban J connectivity index is 2.33. The van der Waals surface area contributed by atoms with Gasteiger partial charge in [-0.3, -0.25) is 0 Å². The first-order valence-electron chi connectivity index (χ1n) is 6.12. The molecule has 0 unspecified atom stereocenters. The maximum absolute atomic E-state index is 12.5. The summed E-state index contributed by atoms with van der Waals surface area (Å²) in [5, 5.41) is 0. The van der Waals surface area contributed by atoms with E-state index in [0.717, 1.165) is 11.0 Å². The standard InChI is InChI=1S/C12H18BNO3S/c1-3-9-6-10(13)4-5-12(9)18(15,16)14(2)7-11-8-17-11/h4-6,11H,3,7-8,13H2,1-2H3/t11-/m0/s1. The lowest BCUT2D eigenvalue weighted by Crippen LogP contribution is -2.31. The molecule has 0 N–H and O–H groups in total. The van der Waals surface area contributed by atoms with Crippen molar-refractivity contribution >= 4 is 23.3 Å². The number of nitrogens with zero attached hydrogens (tertiary/aromatic N) is 1. The van der Waals surface area contributed by atoms with E-state index >= 15 is 0 Å². The molecule has 0 aliphatic carbocycles. The summed E-state index contributed by atoms with van der Waals surface area (Å²) in [5.74, 6) is 0. The zero-order chi connectivity index (χ0) is 13.3. The second-order valence-corrected chi connectivity index (χ2v) is 6.72. The van der Waals surface area contributed by atoms with Gasteiger partial charge < -0.3 is 4.74 Å². The largest absolute Gasteiger partial charge is 0.372 e. The second-order valence-electron chi connectivity index (χ2n) is 4.71. The Morgan fingerprint density at radius 3 is 2.72 bits per heavy atom. The molecule has 1 saturated heterocycles. The molecule has 4 nitrogen and oxygen atoms in total. The molecule has 0 radical (unpaired) electrons. The van der Waals surface area contributed by atoms with Crippen molar-refractivity contribution in [1.29, 1.82) is 0 Å². The van der Waals surface area contributed by atoms with E-state index in [9.17, 15) is 8.42 Å². The van der Waals surface area contributed by atoms with Crippen molar-refractivity contribution in [2.75, 3.05) is 20.2 Å². The molecule has 1 aromatic carbocycles. The van der Waals surface area contributed by atoms with E-state index < -0.39 is 10.0 Å². The summed E-state index contributed by atoms with van der Waals surface area (Å²) in [4.78, 5) is 0.416. The lowest BCUT2D eigenvalue weighted by Gasteiger charge is -2.18. The number of benzene rings is 1. The van der Waals surface area contributed by atoms with Crippen molar-refractivity contribution in [3.05, 3.63) is 23.8 Å². The Hall–Kier alpha value is -0.845. The van der Waals surface area contributed by atoms with Crippen LogP contribution >= 0.6 is 0 Å². The lowest BCUT2D eigenvalue weighted by atomic mass is 9.94. The number of likely N-dealkylation sites (N-methyl/N-ethyl adjacent to an activating group) is 1. The van der Waals surface area contributed by atoms with E-state index in [4.69, 9.17) is 4.74 Å². The van der Waals surface area contributed by atoms with Crippen LogP contribution in [0.25, 0.3) is 0 Å². The van der Waals surface area contributed by atoms with Gasteiger partial charge in [0.1, 0.15) is 7.85 Å². The van der Waals surface area contributed by atoms with Gasteiger partial charge >= 0.3 is 0 Å². The predicted molar refractivity (Wildman–Crippen MR) is 73.6 cm³/mol. The second kappa shape index (κ2) is 5.03. The van der Waals surface area contributed by atoms with Gasteiger partial charge in [0.25, 0.3) is 0 Å². The van der Waals surface area contributed by atoms with Crippen molar-refractivity contribution in [2.45, 2.75) is 24.3 Å². The van der Waals surface area contributed by atoms with Crippen LogP contribution in [0.15, 0.2) is 23.1 Å². The first-order valence-corrected chi connectivity index (χ1v) is 7.56. The number of sulfonamides is 1. The summed E-state index contributed by atoms with van der Waals surface area (Å²) >= 11 is 0. The predicted octanol–water partition coefficient (Wildman–Crippen LogP) is -0.473. The van der Waals surface area contributed by atoms with Gasteiger partial charge in [-0.05, 0) is 18.1 Å². The quantitative estimate of drug-likeness (QED) is 0.535. The van der Waals surface area contributed by atoms with E-state index in [2.05, 4.69) is 0 Å². The molecule has 98 valence electrons. The van der Waals surface area contributed by atoms with Gasteiger partial charge in [-0.15, -0.1) is 0 Å². The Morgan fingerprint density at radius 1 is 1.50 bits per heavy atom. The lowest BCUT2D eigenvalue weighted by molar-refractivity contribution is 0.359. The van der Waals surface area contributed by atoms with E-state index in [0.29, 0.717) is 24.5 Å². The van der Waals surface area contributed by atoms with Gasteiger partial charge in [0, 0.05) is 13.6 Å². The van der Waals surface area contributed by atoms with E-state index in [1.165, 1.54) is 4.31 Å². The highest BCUT2D eigenvalue weighted by Gasteiger charge is 2.31. The molecule has 0 spiro atoms. The Labute approximate surface area is 109 Å². The number of aryl methyl sites for hydroxylation is 1. The third-order valence-electron chi connectivity index (χ3n) is 3.15. The van der Waals surface area contributed by atoms with Crippen LogP contribution in [0.2, 0.25) is 0 Å². The number of ether oxygens (including phenoxy) is 1. The molecule has 1 aliphatic rings. The first-order chi connectivity index (χ1) is 8.45. The number of hydrogen-bond acceptors (Lipinski definition) is 3. The topological polar surface area (TPSA) is 49.9 Å². The van der Waals surface area contributed by atoms with Crippen molar-refractivity contribution in [3.8, 4) is 0 Å². The highest BCUT2D eigenvalue weighted by Crippen LogP contribution is 2.21. The van der Waals surface area contributed by atoms with Gasteiger partial charge in [0.05, 0.1) is 17.6 Å². The molecule has 1 aliphatic heterocycles. The number of epoxide rings is 1. The smallest absolute Gasteiger partial charge is 0.243 e. The molecule has 0 aromatic heterocycles. The highest BCUT2D eigenvalue weighted by atomic mass is 32.2. The summed E-state index contributed by atoms with van der Waals surface area (Å²) in [7, 11) is 0.177. The van der Waals surface area contributed by atoms with Gasteiger partial charge in [0.15, 0.2) is 0 Å². The number of rotatable bonds is 5. The first kappa shape index (κ1) is 13.6. The molecular weight excluding hydrogens is 249 g/mol. The molecule has 1 fully saturated rings. The fraction of sp³-hybridized carbons (Fsp3) is 0.500. The van der Waals surface area contributed by atoms with Crippen LogP contribution in [-0.4, -0.2) is 46.9 Å². The van der Waals surface area contributed by atoms with Crippen molar-refractivity contribution in [3.63, 3.8) is 0 Å². The summed E-state index contributed by atoms with van der Waals surface area (Å²) in [6, 6.07) is 5.48. The molecular formula is C12H18BNO3S. The van der Waals surface area contributed by atoms with Gasteiger partial charge in [-0.2, -0.15) is 4.31 Å². The minimum atomic E-state index is -3.40. The van der Waals surface area contributed by atoms with E-state index in [1.807, 2.05) is 26.9 Å². The summed E-state index contributed by atoms with van der Waals surface area (Å²) in [6.45, 7) is 3.06. The zero-order valence-corrected chi connectivity index (χ0v) is 11.8. The summed E-state index contributed by atoms with van der Waals surface area (Å²) < 4.78 is 31.4. The van der Waals surface area contributed by atoms with Crippen LogP contribution in [-0.2, 0) is 21.2 Å². The fourth-order valence-electron chi connectivity index (χ4n) is 1.96. The maximum atomic E-state index is 12.5. The molecule has 0 amide bonds. The number of hydrogen-bond donors (Lipinski definition) is 0. The van der Waals surface area contributed by atoms with Crippen LogP contribution < -0.4 is 5.46 Å². The molecule has 1 heterocycles. The van der Waals surface area contributed by atoms with Gasteiger partial charge in [0.2, 0.25) is 10.0 Å². The summed E-state index contributed by atoms with van der Waals surface area (Å²) in [6.07, 6.45) is 0.782. The minimum Gasteiger partial charge on any atom is -0.372 e. The maximum Gasteiger partial charge on any atom is 0.243 e. The van der Waals surface area contributed by atoms with Crippen molar-refractivity contribution in [2.24, 2.45) is 0 Å². The molecule has 6 heteroatoms. The summed E-state index contributed by atoms with van der Waals surface area (Å²) in [5.41, 5.74) is 1.96. The fourth-order valence-corrected chi connectivity index (χ4v) is 3.44. The normalized spacial score (nSPS) is 19.2. The van der Waals surface area contributed by atoms with Crippen LogP contribution in [0.5, 0.6) is 0 Å².